The van der Waals surface area contributed by atoms with E-state index >= 15 is 0 Å². The second-order valence-electron chi connectivity index (χ2n) is 5.14. The van der Waals surface area contributed by atoms with Crippen LogP contribution >= 0.6 is 0 Å². The van der Waals surface area contributed by atoms with E-state index in [1.807, 2.05) is 6.92 Å². The lowest BCUT2D eigenvalue weighted by atomic mass is 10.2. The van der Waals surface area contributed by atoms with Crippen LogP contribution in [-0.4, -0.2) is 35.8 Å². The van der Waals surface area contributed by atoms with Crippen molar-refractivity contribution < 1.29 is 4.74 Å². The molecule has 1 aliphatic carbocycles. The lowest BCUT2D eigenvalue weighted by molar-refractivity contribution is 0.108. The monoisotopic (exact) mass is 264 g/mol. The van der Waals surface area contributed by atoms with Gasteiger partial charge in [-0.3, -0.25) is 0 Å². The summed E-state index contributed by atoms with van der Waals surface area (Å²) in [4.78, 5) is 8.97. The molecule has 19 heavy (non-hydrogen) atoms. The Morgan fingerprint density at radius 3 is 2.58 bits per heavy atom. The van der Waals surface area contributed by atoms with Gasteiger partial charge in [0, 0.05) is 25.3 Å². The zero-order valence-electron chi connectivity index (χ0n) is 12.3. The van der Waals surface area contributed by atoms with Crippen LogP contribution in [0.25, 0.3) is 0 Å². The number of hydrogen-bond acceptors (Lipinski definition) is 5. The number of aromatic nitrogens is 2. The van der Waals surface area contributed by atoms with Crippen LogP contribution in [0.5, 0.6) is 0 Å². The molecular formula is C14H24N4O. The molecule has 1 aromatic rings. The fraction of sp³-hybridized carbons (Fsp3) is 0.714. The summed E-state index contributed by atoms with van der Waals surface area (Å²) in [5.41, 5.74) is 1.09. The number of rotatable bonds is 5. The number of nitrogens with one attached hydrogen (secondary N) is 2. The molecule has 1 aromatic heterocycles. The highest BCUT2D eigenvalue weighted by Crippen LogP contribution is 2.27. The Bertz CT molecular complexity index is 436. The standard InChI is InChI=1S/C14H24N4O/c1-5-15-13-9(2)14(17-10(3)16-13)18-11-6-7-12(8-11)19-4/h11-12H,5-8H2,1-4H3,(H2,15,16,17,18). The molecule has 1 aliphatic rings. The Morgan fingerprint density at radius 2 is 1.95 bits per heavy atom. The van der Waals surface area contributed by atoms with Crippen molar-refractivity contribution in [3.8, 4) is 0 Å². The normalized spacial score (nSPS) is 22.5. The predicted molar refractivity (Wildman–Crippen MR) is 77.7 cm³/mol. The predicted octanol–water partition coefficient (Wildman–Crippen LogP) is 2.50. The van der Waals surface area contributed by atoms with Gasteiger partial charge in [0.25, 0.3) is 0 Å². The number of nitrogens with zero attached hydrogens (tertiary/aromatic N) is 2. The molecule has 5 nitrogen and oxygen atoms in total. The molecule has 1 saturated carbocycles. The van der Waals surface area contributed by atoms with E-state index < -0.39 is 0 Å². The molecule has 0 amide bonds. The van der Waals surface area contributed by atoms with Crippen molar-refractivity contribution in [2.45, 2.75) is 52.2 Å². The van der Waals surface area contributed by atoms with Crippen molar-refractivity contribution >= 4 is 11.6 Å². The van der Waals surface area contributed by atoms with Crippen LogP contribution in [0, 0.1) is 13.8 Å². The Labute approximate surface area is 115 Å². The molecule has 1 heterocycles. The van der Waals surface area contributed by atoms with Gasteiger partial charge in [0.05, 0.1) is 6.10 Å². The van der Waals surface area contributed by atoms with Crippen molar-refractivity contribution in [1.82, 2.24) is 9.97 Å². The van der Waals surface area contributed by atoms with E-state index in [0.717, 1.165) is 48.8 Å². The van der Waals surface area contributed by atoms with E-state index in [2.05, 4.69) is 34.4 Å². The number of aryl methyl sites for hydroxylation is 1. The van der Waals surface area contributed by atoms with E-state index in [-0.39, 0.29) is 0 Å². The van der Waals surface area contributed by atoms with Gasteiger partial charge in [-0.25, -0.2) is 9.97 Å². The van der Waals surface area contributed by atoms with E-state index in [4.69, 9.17) is 4.74 Å². The van der Waals surface area contributed by atoms with E-state index in [1.165, 1.54) is 0 Å². The molecule has 2 unspecified atom stereocenters. The molecule has 0 bridgehead atoms. The summed E-state index contributed by atoms with van der Waals surface area (Å²) in [5.74, 6) is 2.68. The average molecular weight is 264 g/mol. The van der Waals surface area contributed by atoms with Crippen LogP contribution in [0.4, 0.5) is 11.6 Å². The summed E-state index contributed by atoms with van der Waals surface area (Å²) in [6.07, 6.45) is 3.69. The van der Waals surface area contributed by atoms with Gasteiger partial charge in [0.15, 0.2) is 0 Å². The minimum atomic E-state index is 0.383. The first-order valence-electron chi connectivity index (χ1n) is 7.02. The Hall–Kier alpha value is -1.36. The first-order valence-corrected chi connectivity index (χ1v) is 7.02. The quantitative estimate of drug-likeness (QED) is 0.855. The zero-order chi connectivity index (χ0) is 13.8. The van der Waals surface area contributed by atoms with Gasteiger partial charge in [-0.2, -0.15) is 0 Å². The highest BCUT2D eigenvalue weighted by molar-refractivity contribution is 5.57. The molecule has 0 saturated heterocycles. The van der Waals surface area contributed by atoms with Gasteiger partial charge in [0.1, 0.15) is 17.5 Å². The zero-order valence-corrected chi connectivity index (χ0v) is 12.3. The second kappa shape index (κ2) is 6.19. The summed E-state index contributed by atoms with van der Waals surface area (Å²) in [6, 6.07) is 0.451. The molecule has 2 atom stereocenters. The largest absolute Gasteiger partial charge is 0.381 e. The van der Waals surface area contributed by atoms with E-state index in [1.54, 1.807) is 7.11 Å². The highest BCUT2D eigenvalue weighted by atomic mass is 16.5. The van der Waals surface area contributed by atoms with Gasteiger partial charge in [0.2, 0.25) is 0 Å². The maximum Gasteiger partial charge on any atom is 0.134 e. The van der Waals surface area contributed by atoms with Gasteiger partial charge in [-0.15, -0.1) is 0 Å². The van der Waals surface area contributed by atoms with Gasteiger partial charge in [-0.1, -0.05) is 0 Å². The minimum Gasteiger partial charge on any atom is -0.381 e. The Balaban J connectivity index is 2.11. The first kappa shape index (κ1) is 14.1. The number of methoxy groups -OCH3 is 1. The van der Waals surface area contributed by atoms with Crippen LogP contribution in [0.2, 0.25) is 0 Å². The van der Waals surface area contributed by atoms with Crippen molar-refractivity contribution in [2.24, 2.45) is 0 Å². The molecule has 0 aliphatic heterocycles. The van der Waals surface area contributed by atoms with Crippen LogP contribution in [0.3, 0.4) is 0 Å². The van der Waals surface area contributed by atoms with E-state index in [9.17, 15) is 0 Å². The molecule has 5 heteroatoms. The third-order valence-electron chi connectivity index (χ3n) is 3.66. The number of ether oxygens (including phenoxy) is 1. The van der Waals surface area contributed by atoms with Crippen molar-refractivity contribution in [3.63, 3.8) is 0 Å². The first-order chi connectivity index (χ1) is 9.13. The summed E-state index contributed by atoms with van der Waals surface area (Å²) in [7, 11) is 1.79. The third kappa shape index (κ3) is 3.35. The van der Waals surface area contributed by atoms with Gasteiger partial charge >= 0.3 is 0 Å². The molecule has 0 radical (unpaired) electrons. The summed E-state index contributed by atoms with van der Waals surface area (Å²) in [5, 5.41) is 6.83. The smallest absolute Gasteiger partial charge is 0.134 e. The lowest BCUT2D eigenvalue weighted by Gasteiger charge is -2.17. The van der Waals surface area contributed by atoms with Crippen LogP contribution in [0.15, 0.2) is 0 Å². The summed E-state index contributed by atoms with van der Waals surface area (Å²) < 4.78 is 5.41. The molecule has 2 rings (SSSR count). The second-order valence-corrected chi connectivity index (χ2v) is 5.14. The summed E-state index contributed by atoms with van der Waals surface area (Å²) in [6.45, 7) is 6.93. The topological polar surface area (TPSA) is 59.1 Å². The third-order valence-corrected chi connectivity index (χ3v) is 3.66. The van der Waals surface area contributed by atoms with Crippen molar-refractivity contribution in [2.75, 3.05) is 24.3 Å². The van der Waals surface area contributed by atoms with Crippen LogP contribution < -0.4 is 10.6 Å². The van der Waals surface area contributed by atoms with Crippen LogP contribution in [0.1, 0.15) is 37.6 Å². The molecule has 0 spiro atoms. The van der Waals surface area contributed by atoms with Crippen LogP contribution in [-0.2, 0) is 4.74 Å². The Morgan fingerprint density at radius 1 is 1.21 bits per heavy atom. The van der Waals surface area contributed by atoms with Crippen molar-refractivity contribution in [3.05, 3.63) is 11.4 Å². The summed E-state index contributed by atoms with van der Waals surface area (Å²) >= 11 is 0. The number of anilines is 2. The Kier molecular flexibility index (Phi) is 4.58. The maximum atomic E-state index is 5.41. The SMILES string of the molecule is CCNc1nc(C)nc(NC2CCC(OC)C2)c1C. The van der Waals surface area contributed by atoms with Gasteiger partial charge in [-0.05, 0) is 40.0 Å². The molecule has 106 valence electrons. The van der Waals surface area contributed by atoms with E-state index in [0.29, 0.717) is 12.1 Å². The lowest BCUT2D eigenvalue weighted by Crippen LogP contribution is -2.20. The highest BCUT2D eigenvalue weighted by Gasteiger charge is 2.25. The fourth-order valence-electron chi connectivity index (χ4n) is 2.59. The molecule has 0 aromatic carbocycles. The number of hydrogen-bond donors (Lipinski definition) is 2. The van der Waals surface area contributed by atoms with Crippen molar-refractivity contribution in [1.29, 1.82) is 0 Å². The fourth-order valence-corrected chi connectivity index (χ4v) is 2.59. The molecule has 1 fully saturated rings. The molecule has 2 N–H and O–H groups in total. The minimum absolute atomic E-state index is 0.383. The van der Waals surface area contributed by atoms with Gasteiger partial charge < -0.3 is 15.4 Å². The average Bonchev–Trinajstić information content (AvgIpc) is 2.83. The maximum absolute atomic E-state index is 5.41. The molecular weight excluding hydrogens is 240 g/mol.